The van der Waals surface area contributed by atoms with Gasteiger partial charge >= 0.3 is 0 Å². The Kier molecular flexibility index (Phi) is 5.37. The number of hydrogen-bond donors (Lipinski definition) is 2. The SMILES string of the molecule is CN(C)c1cnc(N[C@H]2CC[C@H](Nc3ccc(-n4ccccc4=O)cn3)C2)nn1. The molecule has 2 N–H and O–H groups in total. The topological polar surface area (TPSA) is 101 Å². The first-order chi connectivity index (χ1) is 14.1. The van der Waals surface area contributed by atoms with Gasteiger partial charge in [0.25, 0.3) is 5.56 Å². The second kappa shape index (κ2) is 8.26. The van der Waals surface area contributed by atoms with Crippen molar-refractivity contribution in [2.45, 2.75) is 31.3 Å². The Morgan fingerprint density at radius 2 is 1.83 bits per heavy atom. The Labute approximate surface area is 168 Å². The molecule has 9 nitrogen and oxygen atoms in total. The quantitative estimate of drug-likeness (QED) is 0.656. The molecule has 0 aliphatic heterocycles. The highest BCUT2D eigenvalue weighted by atomic mass is 16.1. The van der Waals surface area contributed by atoms with E-state index in [2.05, 4.69) is 30.8 Å². The molecule has 0 aromatic carbocycles. The van der Waals surface area contributed by atoms with Crippen LogP contribution in [-0.2, 0) is 0 Å². The zero-order valence-electron chi connectivity index (χ0n) is 16.5. The summed E-state index contributed by atoms with van der Waals surface area (Å²) in [7, 11) is 3.81. The third kappa shape index (κ3) is 4.50. The van der Waals surface area contributed by atoms with E-state index in [1.54, 1.807) is 29.2 Å². The van der Waals surface area contributed by atoms with Gasteiger partial charge in [-0.2, -0.15) is 0 Å². The van der Waals surface area contributed by atoms with E-state index in [1.807, 2.05) is 37.2 Å². The second-order valence-corrected chi connectivity index (χ2v) is 7.34. The summed E-state index contributed by atoms with van der Waals surface area (Å²) in [5.74, 6) is 2.09. The van der Waals surface area contributed by atoms with E-state index in [9.17, 15) is 4.79 Å². The molecular formula is C20H24N8O. The lowest BCUT2D eigenvalue weighted by molar-refractivity contribution is 0.712. The minimum absolute atomic E-state index is 0.0740. The first kappa shape index (κ1) is 18.9. The second-order valence-electron chi connectivity index (χ2n) is 7.34. The first-order valence-electron chi connectivity index (χ1n) is 9.63. The van der Waals surface area contributed by atoms with Gasteiger partial charge in [-0.25, -0.2) is 9.97 Å². The van der Waals surface area contributed by atoms with Crippen LogP contribution in [-0.4, -0.2) is 50.9 Å². The fraction of sp³-hybridized carbons (Fsp3) is 0.350. The fourth-order valence-corrected chi connectivity index (χ4v) is 3.43. The zero-order chi connectivity index (χ0) is 20.2. The molecule has 3 heterocycles. The van der Waals surface area contributed by atoms with Crippen LogP contribution in [0.5, 0.6) is 0 Å². The molecule has 1 saturated carbocycles. The number of anilines is 3. The monoisotopic (exact) mass is 392 g/mol. The highest BCUT2D eigenvalue weighted by Gasteiger charge is 2.25. The highest BCUT2D eigenvalue weighted by Crippen LogP contribution is 2.24. The third-order valence-electron chi connectivity index (χ3n) is 4.97. The molecule has 0 saturated heterocycles. The molecule has 2 atom stereocenters. The highest BCUT2D eigenvalue weighted by molar-refractivity contribution is 5.42. The van der Waals surface area contributed by atoms with Crippen LogP contribution in [0.4, 0.5) is 17.6 Å². The molecule has 3 aromatic rings. The van der Waals surface area contributed by atoms with Gasteiger partial charge in [0.2, 0.25) is 5.95 Å². The third-order valence-corrected chi connectivity index (χ3v) is 4.97. The van der Waals surface area contributed by atoms with Gasteiger partial charge in [-0.1, -0.05) is 6.07 Å². The summed E-state index contributed by atoms with van der Waals surface area (Å²) in [6, 6.07) is 9.50. The molecule has 150 valence electrons. The van der Waals surface area contributed by atoms with Crippen LogP contribution in [0.2, 0.25) is 0 Å². The average Bonchev–Trinajstić information content (AvgIpc) is 3.16. The summed E-state index contributed by atoms with van der Waals surface area (Å²) in [4.78, 5) is 22.6. The summed E-state index contributed by atoms with van der Waals surface area (Å²) in [6.45, 7) is 0. The van der Waals surface area contributed by atoms with Gasteiger partial charge in [0.1, 0.15) is 5.82 Å². The van der Waals surface area contributed by atoms with E-state index in [-0.39, 0.29) is 5.56 Å². The lowest BCUT2D eigenvalue weighted by Gasteiger charge is -2.16. The van der Waals surface area contributed by atoms with Crippen LogP contribution in [0.15, 0.2) is 53.7 Å². The van der Waals surface area contributed by atoms with Crippen LogP contribution in [0.3, 0.4) is 0 Å². The first-order valence-corrected chi connectivity index (χ1v) is 9.63. The van der Waals surface area contributed by atoms with Gasteiger partial charge in [-0.15, -0.1) is 10.2 Å². The average molecular weight is 392 g/mol. The van der Waals surface area contributed by atoms with E-state index in [1.165, 1.54) is 6.07 Å². The lowest BCUT2D eigenvalue weighted by atomic mass is 10.2. The van der Waals surface area contributed by atoms with Crippen LogP contribution >= 0.6 is 0 Å². The summed E-state index contributed by atoms with van der Waals surface area (Å²) >= 11 is 0. The summed E-state index contributed by atoms with van der Waals surface area (Å²) in [5.41, 5.74) is 0.674. The molecule has 29 heavy (non-hydrogen) atoms. The molecule has 1 aliphatic carbocycles. The number of nitrogens with zero attached hydrogens (tertiary/aromatic N) is 6. The van der Waals surface area contributed by atoms with E-state index < -0.39 is 0 Å². The number of pyridine rings is 2. The molecule has 0 amide bonds. The van der Waals surface area contributed by atoms with Gasteiger partial charge < -0.3 is 15.5 Å². The van der Waals surface area contributed by atoms with Crippen LogP contribution < -0.4 is 21.1 Å². The Balaban J connectivity index is 1.33. The van der Waals surface area contributed by atoms with Crippen molar-refractivity contribution in [3.63, 3.8) is 0 Å². The maximum absolute atomic E-state index is 11.9. The van der Waals surface area contributed by atoms with Gasteiger partial charge in [-0.05, 0) is 37.5 Å². The van der Waals surface area contributed by atoms with Gasteiger partial charge in [0, 0.05) is 38.4 Å². The molecule has 4 rings (SSSR count). The van der Waals surface area contributed by atoms with Crippen molar-refractivity contribution in [3.05, 3.63) is 59.3 Å². The minimum Gasteiger partial charge on any atom is -0.367 e. The summed E-state index contributed by atoms with van der Waals surface area (Å²) < 4.78 is 1.57. The molecular weight excluding hydrogens is 368 g/mol. The fourth-order valence-electron chi connectivity index (χ4n) is 3.43. The maximum Gasteiger partial charge on any atom is 0.255 e. The molecule has 9 heteroatoms. The van der Waals surface area contributed by atoms with Crippen molar-refractivity contribution in [2.24, 2.45) is 0 Å². The molecule has 0 radical (unpaired) electrons. The van der Waals surface area contributed by atoms with Crippen molar-refractivity contribution < 1.29 is 0 Å². The van der Waals surface area contributed by atoms with Crippen molar-refractivity contribution >= 4 is 17.6 Å². The number of nitrogens with one attached hydrogen (secondary N) is 2. The Bertz CT molecular complexity index is 1000. The van der Waals surface area contributed by atoms with E-state index in [4.69, 9.17) is 0 Å². The van der Waals surface area contributed by atoms with Gasteiger partial charge in [-0.3, -0.25) is 9.36 Å². The standard InChI is InChI=1S/C20H24N8O/c1-27(2)18-13-22-20(26-25-18)24-15-7-6-14(11-15)23-17-9-8-16(12-21-17)28-10-4-3-5-19(28)29/h3-5,8-10,12-15H,6-7,11H2,1-2H3,(H,21,23)(H,22,24,26)/t14-,15-/m0/s1. The Hall–Kier alpha value is -3.49. The lowest BCUT2D eigenvalue weighted by Crippen LogP contribution is -2.22. The van der Waals surface area contributed by atoms with Crippen molar-refractivity contribution in [1.29, 1.82) is 0 Å². The van der Waals surface area contributed by atoms with Crippen LogP contribution in [0, 0.1) is 0 Å². The Morgan fingerprint density at radius 3 is 2.48 bits per heavy atom. The van der Waals surface area contributed by atoms with Crippen molar-refractivity contribution in [3.8, 4) is 5.69 Å². The number of hydrogen-bond acceptors (Lipinski definition) is 8. The zero-order valence-corrected chi connectivity index (χ0v) is 16.5. The predicted molar refractivity (Wildman–Crippen MR) is 113 cm³/mol. The van der Waals surface area contributed by atoms with E-state index in [0.717, 1.165) is 36.6 Å². The summed E-state index contributed by atoms with van der Waals surface area (Å²) in [5, 5.41) is 15.1. The van der Waals surface area contributed by atoms with E-state index in [0.29, 0.717) is 18.0 Å². The van der Waals surface area contributed by atoms with Gasteiger partial charge in [0.15, 0.2) is 5.82 Å². The van der Waals surface area contributed by atoms with Crippen LogP contribution in [0.1, 0.15) is 19.3 Å². The molecule has 1 fully saturated rings. The molecule has 1 aliphatic rings. The number of aromatic nitrogens is 5. The molecule has 0 bridgehead atoms. The minimum atomic E-state index is -0.0740. The normalized spacial score (nSPS) is 18.4. The number of rotatable bonds is 6. The largest absolute Gasteiger partial charge is 0.367 e. The van der Waals surface area contributed by atoms with Crippen LogP contribution in [0.25, 0.3) is 5.69 Å². The molecule has 3 aromatic heterocycles. The molecule has 0 spiro atoms. The van der Waals surface area contributed by atoms with E-state index >= 15 is 0 Å². The van der Waals surface area contributed by atoms with Crippen molar-refractivity contribution in [2.75, 3.05) is 29.6 Å². The van der Waals surface area contributed by atoms with Crippen molar-refractivity contribution in [1.82, 2.24) is 24.7 Å². The maximum atomic E-state index is 11.9. The van der Waals surface area contributed by atoms with Gasteiger partial charge in [0.05, 0.1) is 18.1 Å². The Morgan fingerprint density at radius 1 is 1.00 bits per heavy atom. The summed E-state index contributed by atoms with van der Waals surface area (Å²) in [6.07, 6.45) is 8.16. The molecule has 0 unspecified atom stereocenters. The predicted octanol–water partition coefficient (Wildman–Crippen LogP) is 1.93. The smallest absolute Gasteiger partial charge is 0.255 e.